The summed E-state index contributed by atoms with van der Waals surface area (Å²) in [6.07, 6.45) is 3.00. The second-order valence-corrected chi connectivity index (χ2v) is 5.88. The number of aliphatic carboxylic acids is 1. The van der Waals surface area contributed by atoms with Gasteiger partial charge in [0.15, 0.2) is 6.04 Å². The van der Waals surface area contributed by atoms with E-state index in [0.717, 1.165) is 15.2 Å². The van der Waals surface area contributed by atoms with Crippen LogP contribution >= 0.6 is 11.3 Å². The van der Waals surface area contributed by atoms with Gasteiger partial charge in [-0.3, -0.25) is 4.79 Å². The zero-order valence-electron chi connectivity index (χ0n) is 11.6. The summed E-state index contributed by atoms with van der Waals surface area (Å²) in [6, 6.07) is 6.79. The van der Waals surface area contributed by atoms with Crippen LogP contribution in [-0.4, -0.2) is 52.7 Å². The van der Waals surface area contributed by atoms with E-state index in [1.807, 2.05) is 24.3 Å². The van der Waals surface area contributed by atoms with Crippen molar-refractivity contribution in [2.24, 2.45) is 0 Å². The number of para-hydroxylation sites is 1. The summed E-state index contributed by atoms with van der Waals surface area (Å²) in [5.74, 6) is -1.39. The van der Waals surface area contributed by atoms with Crippen LogP contribution in [0.15, 0.2) is 30.3 Å². The van der Waals surface area contributed by atoms with Crippen LogP contribution in [0.5, 0.6) is 0 Å². The van der Waals surface area contributed by atoms with Crippen LogP contribution in [0.25, 0.3) is 16.3 Å². The molecule has 0 spiro atoms. The minimum Gasteiger partial charge on any atom is -0.480 e. The Kier molecular flexibility index (Phi) is 4.17. The number of hydrogen-bond donors (Lipinski definition) is 1. The second kappa shape index (κ2) is 6.25. The molecule has 22 heavy (non-hydrogen) atoms. The summed E-state index contributed by atoms with van der Waals surface area (Å²) >= 11 is 1.48. The molecule has 0 saturated carbocycles. The molecular weight excluding hydrogens is 304 g/mol. The average Bonchev–Trinajstić information content (AvgIpc) is 2.95. The van der Waals surface area contributed by atoms with Crippen molar-refractivity contribution >= 4 is 39.5 Å². The van der Waals surface area contributed by atoms with Gasteiger partial charge in [-0.25, -0.2) is 9.78 Å². The summed E-state index contributed by atoms with van der Waals surface area (Å²) in [6.45, 7) is 0.653. The van der Waals surface area contributed by atoms with Crippen molar-refractivity contribution in [2.75, 3.05) is 19.8 Å². The minimum atomic E-state index is -1.05. The number of morpholine rings is 1. The van der Waals surface area contributed by atoms with Gasteiger partial charge in [-0.15, -0.1) is 11.3 Å². The molecule has 1 unspecified atom stereocenters. The summed E-state index contributed by atoms with van der Waals surface area (Å²) < 4.78 is 6.16. The van der Waals surface area contributed by atoms with E-state index in [1.165, 1.54) is 22.3 Å². The van der Waals surface area contributed by atoms with E-state index >= 15 is 0 Å². The van der Waals surface area contributed by atoms with Crippen LogP contribution < -0.4 is 0 Å². The highest BCUT2D eigenvalue weighted by Crippen LogP contribution is 2.22. The number of aromatic nitrogens is 1. The molecule has 1 aliphatic heterocycles. The third-order valence-electron chi connectivity index (χ3n) is 3.38. The predicted molar refractivity (Wildman–Crippen MR) is 82.6 cm³/mol. The number of hydrogen-bond acceptors (Lipinski definition) is 5. The predicted octanol–water partition coefficient (Wildman–Crippen LogP) is 1.62. The second-order valence-electron chi connectivity index (χ2n) is 4.81. The standard InChI is InChI=1S/C15H14N2O4S/c18-14(17-7-8-21-9-11(17)15(19)20)6-5-13-16-10-3-1-2-4-12(10)22-13/h1-6,11H,7-9H2,(H,19,20). The molecule has 1 aromatic carbocycles. The number of carbonyl (C=O) groups excluding carboxylic acids is 1. The van der Waals surface area contributed by atoms with Gasteiger partial charge in [0.1, 0.15) is 5.01 Å². The molecule has 0 aliphatic carbocycles. The number of ether oxygens (including phenoxy) is 1. The first-order valence-corrected chi connectivity index (χ1v) is 7.61. The van der Waals surface area contributed by atoms with Crippen molar-refractivity contribution in [3.63, 3.8) is 0 Å². The monoisotopic (exact) mass is 318 g/mol. The summed E-state index contributed by atoms with van der Waals surface area (Å²) in [7, 11) is 0. The molecule has 3 rings (SSSR count). The minimum absolute atomic E-state index is 0.0239. The van der Waals surface area contributed by atoms with E-state index < -0.39 is 12.0 Å². The molecular formula is C15H14N2O4S. The number of thiazole rings is 1. The van der Waals surface area contributed by atoms with Gasteiger partial charge in [0.25, 0.3) is 0 Å². The topological polar surface area (TPSA) is 79.7 Å². The fourth-order valence-electron chi connectivity index (χ4n) is 2.27. The van der Waals surface area contributed by atoms with Gasteiger partial charge in [-0.2, -0.15) is 0 Å². The van der Waals surface area contributed by atoms with Crippen LogP contribution in [-0.2, 0) is 14.3 Å². The molecule has 1 saturated heterocycles. The molecule has 1 fully saturated rings. The normalized spacial score (nSPS) is 18.9. The Morgan fingerprint density at radius 2 is 2.23 bits per heavy atom. The van der Waals surface area contributed by atoms with E-state index in [4.69, 9.17) is 9.84 Å². The molecule has 114 valence electrons. The highest BCUT2D eigenvalue weighted by Gasteiger charge is 2.31. The number of fused-ring (bicyclic) bond motifs is 1. The molecule has 0 radical (unpaired) electrons. The van der Waals surface area contributed by atoms with Crippen LogP contribution in [0.3, 0.4) is 0 Å². The van der Waals surface area contributed by atoms with Crippen molar-refractivity contribution in [3.8, 4) is 0 Å². The Bertz CT molecular complexity index is 707. The molecule has 1 N–H and O–H groups in total. The molecule has 0 bridgehead atoms. The van der Waals surface area contributed by atoms with Crippen LogP contribution in [0.4, 0.5) is 0 Å². The fourth-order valence-corrected chi connectivity index (χ4v) is 3.14. The molecule has 1 atom stereocenters. The van der Waals surface area contributed by atoms with Crippen LogP contribution in [0.2, 0.25) is 0 Å². The van der Waals surface area contributed by atoms with E-state index in [9.17, 15) is 9.59 Å². The van der Waals surface area contributed by atoms with Crippen molar-refractivity contribution < 1.29 is 19.4 Å². The van der Waals surface area contributed by atoms with Crippen molar-refractivity contribution in [3.05, 3.63) is 35.3 Å². The van der Waals surface area contributed by atoms with Gasteiger partial charge in [0.05, 0.1) is 23.4 Å². The van der Waals surface area contributed by atoms with E-state index in [2.05, 4.69) is 4.98 Å². The van der Waals surface area contributed by atoms with E-state index in [1.54, 1.807) is 6.08 Å². The zero-order chi connectivity index (χ0) is 15.5. The molecule has 2 aromatic rings. The lowest BCUT2D eigenvalue weighted by Gasteiger charge is -2.31. The van der Waals surface area contributed by atoms with Crippen molar-refractivity contribution in [1.29, 1.82) is 0 Å². The van der Waals surface area contributed by atoms with Gasteiger partial charge in [0, 0.05) is 12.6 Å². The highest BCUT2D eigenvalue weighted by molar-refractivity contribution is 7.19. The Morgan fingerprint density at radius 3 is 3.00 bits per heavy atom. The molecule has 2 heterocycles. The summed E-state index contributed by atoms with van der Waals surface area (Å²) in [5.41, 5.74) is 0.884. The lowest BCUT2D eigenvalue weighted by atomic mass is 10.2. The van der Waals surface area contributed by atoms with Gasteiger partial charge < -0.3 is 14.7 Å². The molecule has 1 amide bonds. The maximum absolute atomic E-state index is 12.2. The van der Waals surface area contributed by atoms with Gasteiger partial charge in [-0.1, -0.05) is 12.1 Å². The fraction of sp³-hybridized carbons (Fsp3) is 0.267. The number of nitrogens with zero attached hydrogens (tertiary/aromatic N) is 2. The SMILES string of the molecule is O=C(O)C1COCCN1C(=O)C=Cc1nc2ccccc2s1. The highest BCUT2D eigenvalue weighted by atomic mass is 32.1. The maximum atomic E-state index is 12.2. The summed E-state index contributed by atoms with van der Waals surface area (Å²) in [5, 5.41) is 9.85. The number of carboxylic acid groups (broad SMARTS) is 1. The van der Waals surface area contributed by atoms with Crippen molar-refractivity contribution in [1.82, 2.24) is 9.88 Å². The summed E-state index contributed by atoms with van der Waals surface area (Å²) in [4.78, 5) is 29.1. The van der Waals surface area contributed by atoms with Gasteiger partial charge >= 0.3 is 5.97 Å². The number of carboxylic acids is 1. The third kappa shape index (κ3) is 3.00. The van der Waals surface area contributed by atoms with E-state index in [-0.39, 0.29) is 19.1 Å². The molecule has 1 aliphatic rings. The number of benzene rings is 1. The first-order chi connectivity index (χ1) is 10.6. The Morgan fingerprint density at radius 1 is 1.41 bits per heavy atom. The number of amides is 1. The molecule has 6 nitrogen and oxygen atoms in total. The van der Waals surface area contributed by atoms with Crippen LogP contribution in [0, 0.1) is 0 Å². The van der Waals surface area contributed by atoms with Gasteiger partial charge in [-0.05, 0) is 18.2 Å². The average molecular weight is 318 g/mol. The largest absolute Gasteiger partial charge is 0.480 e. The number of carbonyl (C=O) groups is 2. The Hall–Kier alpha value is -2.25. The zero-order valence-corrected chi connectivity index (χ0v) is 12.5. The lowest BCUT2D eigenvalue weighted by molar-refractivity contribution is -0.156. The number of rotatable bonds is 3. The van der Waals surface area contributed by atoms with Crippen molar-refractivity contribution in [2.45, 2.75) is 6.04 Å². The molecule has 1 aromatic heterocycles. The third-order valence-corrected chi connectivity index (χ3v) is 4.38. The Balaban J connectivity index is 1.76. The van der Waals surface area contributed by atoms with Gasteiger partial charge in [0.2, 0.25) is 5.91 Å². The first kappa shape index (κ1) is 14.7. The van der Waals surface area contributed by atoms with Crippen LogP contribution in [0.1, 0.15) is 5.01 Å². The maximum Gasteiger partial charge on any atom is 0.328 e. The van der Waals surface area contributed by atoms with E-state index in [0.29, 0.717) is 6.61 Å². The lowest BCUT2D eigenvalue weighted by Crippen LogP contribution is -2.52. The quantitative estimate of drug-likeness (QED) is 0.870. The smallest absolute Gasteiger partial charge is 0.328 e. The Labute approximate surface area is 130 Å². The first-order valence-electron chi connectivity index (χ1n) is 6.80. The molecule has 7 heteroatoms.